The van der Waals surface area contributed by atoms with E-state index in [2.05, 4.69) is 24.6 Å². The SMILES string of the molecule is Cc1cc(C#N)cnc1C(=O)Nc1ccc(F)c([C@@]2(C)N=C(N)C(C)(C)[S@@]3(=O)=NCCC[C@@H]23)n1. The number of aliphatic imine (C=N–C) groups is 1. The van der Waals surface area contributed by atoms with E-state index in [1.165, 1.54) is 18.3 Å². The monoisotopic (exact) mass is 483 g/mol. The van der Waals surface area contributed by atoms with Gasteiger partial charge in [-0.1, -0.05) is 0 Å². The third-order valence-corrected chi connectivity index (χ3v) is 10.3. The Balaban J connectivity index is 1.77. The van der Waals surface area contributed by atoms with Gasteiger partial charge in [-0.15, -0.1) is 0 Å². The number of carbonyl (C=O) groups excluding carboxylic acids is 1. The predicted octanol–water partition coefficient (Wildman–Crippen LogP) is 3.04. The van der Waals surface area contributed by atoms with E-state index in [0.717, 1.165) is 0 Å². The molecule has 2 aliphatic heterocycles. The highest BCUT2D eigenvalue weighted by Crippen LogP contribution is 2.46. The molecule has 0 bridgehead atoms. The molecule has 0 saturated heterocycles. The van der Waals surface area contributed by atoms with E-state index < -0.39 is 37.0 Å². The van der Waals surface area contributed by atoms with Gasteiger partial charge in [-0.05, 0) is 64.3 Å². The number of pyridine rings is 2. The van der Waals surface area contributed by atoms with Gasteiger partial charge in [0, 0.05) is 12.7 Å². The zero-order chi connectivity index (χ0) is 24.9. The smallest absolute Gasteiger partial charge is 0.275 e. The zero-order valence-corrected chi connectivity index (χ0v) is 20.2. The number of hydrogen-bond acceptors (Lipinski definition) is 8. The number of rotatable bonds is 3. The Hall–Kier alpha value is -3.39. The van der Waals surface area contributed by atoms with Crippen molar-refractivity contribution >= 4 is 27.3 Å². The molecule has 11 heteroatoms. The molecule has 0 spiro atoms. The largest absolute Gasteiger partial charge is 0.386 e. The van der Waals surface area contributed by atoms with Crippen LogP contribution in [-0.4, -0.2) is 42.5 Å². The lowest BCUT2D eigenvalue weighted by molar-refractivity contribution is 0.102. The first-order valence-corrected chi connectivity index (χ1v) is 12.4. The van der Waals surface area contributed by atoms with Gasteiger partial charge in [0.25, 0.3) is 5.91 Å². The maximum atomic E-state index is 15.2. The van der Waals surface area contributed by atoms with E-state index >= 15 is 4.39 Å². The van der Waals surface area contributed by atoms with Crippen molar-refractivity contribution in [2.24, 2.45) is 15.1 Å². The Morgan fingerprint density at radius 3 is 2.76 bits per heavy atom. The minimum Gasteiger partial charge on any atom is -0.386 e. The highest BCUT2D eigenvalue weighted by atomic mass is 32.2. The molecule has 4 heterocycles. The van der Waals surface area contributed by atoms with Crippen molar-refractivity contribution in [1.82, 2.24) is 9.97 Å². The number of aromatic nitrogens is 2. The van der Waals surface area contributed by atoms with Crippen molar-refractivity contribution < 1.29 is 13.4 Å². The van der Waals surface area contributed by atoms with Crippen molar-refractivity contribution in [1.29, 1.82) is 5.26 Å². The molecule has 2 aromatic heterocycles. The molecule has 178 valence electrons. The molecule has 3 atom stereocenters. The van der Waals surface area contributed by atoms with E-state index in [4.69, 9.17) is 11.0 Å². The van der Waals surface area contributed by atoms with Crippen LogP contribution in [0.4, 0.5) is 10.2 Å². The van der Waals surface area contributed by atoms with Gasteiger partial charge in [0.1, 0.15) is 45.2 Å². The molecule has 0 radical (unpaired) electrons. The van der Waals surface area contributed by atoms with Gasteiger partial charge in [0.15, 0.2) is 0 Å². The molecule has 1 amide bonds. The first-order chi connectivity index (χ1) is 15.9. The summed E-state index contributed by atoms with van der Waals surface area (Å²) in [5.41, 5.74) is 5.85. The van der Waals surface area contributed by atoms with E-state index in [-0.39, 0.29) is 23.0 Å². The highest BCUT2D eigenvalue weighted by Gasteiger charge is 2.56. The van der Waals surface area contributed by atoms with Crippen LogP contribution in [0.25, 0.3) is 0 Å². The van der Waals surface area contributed by atoms with Crippen LogP contribution >= 0.6 is 0 Å². The van der Waals surface area contributed by atoms with Crippen LogP contribution in [0.5, 0.6) is 0 Å². The molecular formula is C23H26FN7O2S. The van der Waals surface area contributed by atoms with Crippen LogP contribution in [0.2, 0.25) is 0 Å². The molecule has 0 aliphatic carbocycles. The Morgan fingerprint density at radius 2 is 2.09 bits per heavy atom. The molecule has 3 N–H and O–H groups in total. The fraction of sp³-hybridized carbons (Fsp3) is 0.435. The third kappa shape index (κ3) is 3.53. The first-order valence-electron chi connectivity index (χ1n) is 10.9. The van der Waals surface area contributed by atoms with Crippen LogP contribution in [0.1, 0.15) is 60.9 Å². The number of nitriles is 1. The van der Waals surface area contributed by atoms with Gasteiger partial charge < -0.3 is 11.1 Å². The molecule has 2 aromatic rings. The summed E-state index contributed by atoms with van der Waals surface area (Å²) in [5, 5.41) is 11.0. The summed E-state index contributed by atoms with van der Waals surface area (Å²) in [4.78, 5) is 25.9. The number of carbonyl (C=O) groups is 1. The van der Waals surface area contributed by atoms with Crippen molar-refractivity contribution in [3.05, 3.63) is 52.7 Å². The van der Waals surface area contributed by atoms with Crippen LogP contribution < -0.4 is 11.1 Å². The summed E-state index contributed by atoms with van der Waals surface area (Å²) >= 11 is 0. The van der Waals surface area contributed by atoms with E-state index in [9.17, 15) is 9.00 Å². The van der Waals surface area contributed by atoms with Gasteiger partial charge >= 0.3 is 0 Å². The van der Waals surface area contributed by atoms with Crippen LogP contribution in [0, 0.1) is 24.1 Å². The molecule has 4 rings (SSSR count). The third-order valence-electron chi connectivity index (χ3n) is 6.61. The average Bonchev–Trinajstić information content (AvgIpc) is 2.79. The number of nitrogens with one attached hydrogen (secondary N) is 1. The second-order valence-corrected chi connectivity index (χ2v) is 12.2. The molecular weight excluding hydrogens is 457 g/mol. The standard InChI is InChI=1S/C23H26FN7O2S/c1-13-10-14(11-25)12-27-18(13)20(32)30-17-8-7-15(24)19(29-17)23(4)16-6-5-9-28-34(16,33)22(2,3)21(26)31-23/h7-8,10,12,16H,5-6,9H2,1-4H3,(H2,26,31)(H,29,30,32)/t16-,23-,34+/m0/s1. The lowest BCUT2D eigenvalue weighted by atomic mass is 9.89. The van der Waals surface area contributed by atoms with Gasteiger partial charge in [-0.3, -0.25) is 9.79 Å². The molecule has 0 unspecified atom stereocenters. The van der Waals surface area contributed by atoms with E-state index in [1.54, 1.807) is 33.8 Å². The van der Waals surface area contributed by atoms with Crippen molar-refractivity contribution in [2.75, 3.05) is 11.9 Å². The number of amides is 1. The lowest BCUT2D eigenvalue weighted by Gasteiger charge is -2.47. The summed E-state index contributed by atoms with van der Waals surface area (Å²) in [7, 11) is -2.88. The summed E-state index contributed by atoms with van der Waals surface area (Å²) in [5.74, 6) is -0.973. The summed E-state index contributed by atoms with van der Waals surface area (Å²) in [6, 6.07) is 6.05. The highest BCUT2D eigenvalue weighted by molar-refractivity contribution is 7.96. The Bertz CT molecular complexity index is 1390. The maximum Gasteiger partial charge on any atom is 0.275 e. The number of fused-ring (bicyclic) bond motifs is 1. The second-order valence-electron chi connectivity index (χ2n) is 9.19. The van der Waals surface area contributed by atoms with Crippen LogP contribution in [-0.2, 0) is 15.3 Å². The Kier molecular flexibility index (Phi) is 5.68. The number of aryl methyl sites for hydroxylation is 1. The number of anilines is 1. The first kappa shape index (κ1) is 23.8. The normalized spacial score (nSPS) is 27.5. The van der Waals surface area contributed by atoms with Crippen LogP contribution in [0.3, 0.4) is 0 Å². The fourth-order valence-corrected chi connectivity index (χ4v) is 7.80. The van der Waals surface area contributed by atoms with E-state index in [0.29, 0.717) is 30.5 Å². The van der Waals surface area contributed by atoms with Crippen molar-refractivity contribution in [2.45, 2.75) is 56.1 Å². The Morgan fingerprint density at radius 1 is 1.35 bits per heavy atom. The van der Waals surface area contributed by atoms with Gasteiger partial charge in [0.05, 0.1) is 20.5 Å². The summed E-state index contributed by atoms with van der Waals surface area (Å²) in [6.07, 6.45) is 2.53. The number of nitrogens with two attached hydrogens (primary N) is 1. The molecule has 0 aromatic carbocycles. The zero-order valence-electron chi connectivity index (χ0n) is 19.4. The molecule has 2 aliphatic rings. The second kappa shape index (κ2) is 8.13. The van der Waals surface area contributed by atoms with Gasteiger partial charge in [-0.25, -0.2) is 22.9 Å². The van der Waals surface area contributed by atoms with E-state index in [1.807, 2.05) is 6.07 Å². The number of nitrogens with zero attached hydrogens (tertiary/aromatic N) is 5. The minimum absolute atomic E-state index is 0.0527. The number of hydrogen-bond donors (Lipinski definition) is 2. The van der Waals surface area contributed by atoms with Crippen molar-refractivity contribution in [3.63, 3.8) is 0 Å². The van der Waals surface area contributed by atoms with Crippen LogP contribution in [0.15, 0.2) is 33.8 Å². The van der Waals surface area contributed by atoms with Gasteiger partial charge in [-0.2, -0.15) is 5.26 Å². The minimum atomic E-state index is -2.88. The number of halogens is 1. The molecule has 0 saturated carbocycles. The molecule has 9 nitrogen and oxygen atoms in total. The Labute approximate surface area is 197 Å². The predicted molar refractivity (Wildman–Crippen MR) is 127 cm³/mol. The quantitative estimate of drug-likeness (QED) is 0.686. The topological polar surface area (TPSA) is 146 Å². The van der Waals surface area contributed by atoms with Gasteiger partial charge in [0.2, 0.25) is 0 Å². The molecule has 34 heavy (non-hydrogen) atoms. The maximum absolute atomic E-state index is 15.2. The summed E-state index contributed by atoms with van der Waals surface area (Å²) < 4.78 is 32.8. The fourth-order valence-electron chi connectivity index (χ4n) is 4.56. The summed E-state index contributed by atoms with van der Waals surface area (Å²) in [6.45, 7) is 7.29. The molecule has 0 fully saturated rings. The number of amidine groups is 1. The lowest BCUT2D eigenvalue weighted by Crippen LogP contribution is -2.60. The van der Waals surface area contributed by atoms with Crippen molar-refractivity contribution in [3.8, 4) is 6.07 Å². The average molecular weight is 484 g/mol.